The molecule has 0 bridgehead atoms. The molecule has 0 radical (unpaired) electrons. The Morgan fingerprint density at radius 3 is 2.52 bits per heavy atom. The number of hydrogen-bond acceptors (Lipinski definition) is 4. The number of aromatic hydroxyl groups is 2. The predicted molar refractivity (Wildman–Crippen MR) is 101 cm³/mol. The SMILES string of the molecule is C/C=C/Cc1c(/C=C/c2ccc(O)c(OC)c2)cc(O)cc1OCC. The summed E-state index contributed by atoms with van der Waals surface area (Å²) in [5, 5.41) is 19.7. The summed E-state index contributed by atoms with van der Waals surface area (Å²) in [5.41, 5.74) is 2.78. The Morgan fingerprint density at radius 1 is 1.04 bits per heavy atom. The second-order valence-corrected chi connectivity index (χ2v) is 5.48. The van der Waals surface area contributed by atoms with Gasteiger partial charge in [-0.05, 0) is 49.6 Å². The first-order valence-electron chi connectivity index (χ1n) is 8.24. The first-order valence-corrected chi connectivity index (χ1v) is 8.24. The maximum atomic E-state index is 10.0. The molecular weight excluding hydrogens is 316 g/mol. The van der Waals surface area contributed by atoms with Gasteiger partial charge in [0.15, 0.2) is 11.5 Å². The Bertz CT molecular complexity index is 776. The van der Waals surface area contributed by atoms with Crippen molar-refractivity contribution in [1.82, 2.24) is 0 Å². The molecule has 0 saturated heterocycles. The number of rotatable bonds is 7. The zero-order chi connectivity index (χ0) is 18.2. The molecule has 0 amide bonds. The first-order chi connectivity index (χ1) is 12.1. The minimum absolute atomic E-state index is 0.101. The highest BCUT2D eigenvalue weighted by molar-refractivity contribution is 5.74. The third kappa shape index (κ3) is 4.80. The molecule has 0 fully saturated rings. The molecule has 132 valence electrons. The van der Waals surface area contributed by atoms with Gasteiger partial charge in [-0.25, -0.2) is 0 Å². The van der Waals surface area contributed by atoms with E-state index in [4.69, 9.17) is 9.47 Å². The second kappa shape index (κ2) is 8.83. The molecule has 0 aliphatic carbocycles. The van der Waals surface area contributed by atoms with Gasteiger partial charge in [0.25, 0.3) is 0 Å². The summed E-state index contributed by atoms with van der Waals surface area (Å²) in [6.07, 6.45) is 8.58. The Labute approximate surface area is 148 Å². The lowest BCUT2D eigenvalue weighted by atomic mass is 10.0. The van der Waals surface area contributed by atoms with Gasteiger partial charge in [0.05, 0.1) is 13.7 Å². The summed E-state index contributed by atoms with van der Waals surface area (Å²) in [4.78, 5) is 0. The van der Waals surface area contributed by atoms with E-state index in [9.17, 15) is 10.2 Å². The Kier molecular flexibility index (Phi) is 6.52. The highest BCUT2D eigenvalue weighted by atomic mass is 16.5. The van der Waals surface area contributed by atoms with Crippen LogP contribution < -0.4 is 9.47 Å². The van der Waals surface area contributed by atoms with Crippen LogP contribution in [0.25, 0.3) is 12.2 Å². The van der Waals surface area contributed by atoms with Crippen molar-refractivity contribution in [2.45, 2.75) is 20.3 Å². The molecule has 2 rings (SSSR count). The number of methoxy groups -OCH3 is 1. The predicted octanol–water partition coefficient (Wildman–Crippen LogP) is 4.79. The van der Waals surface area contributed by atoms with Crippen LogP contribution in [0.4, 0.5) is 0 Å². The molecule has 4 heteroatoms. The van der Waals surface area contributed by atoms with Crippen molar-refractivity contribution in [2.24, 2.45) is 0 Å². The molecule has 25 heavy (non-hydrogen) atoms. The van der Waals surface area contributed by atoms with E-state index in [0.717, 1.165) is 16.7 Å². The van der Waals surface area contributed by atoms with E-state index in [1.165, 1.54) is 7.11 Å². The summed E-state index contributed by atoms with van der Waals surface area (Å²) in [6.45, 7) is 4.42. The van der Waals surface area contributed by atoms with Gasteiger partial charge >= 0.3 is 0 Å². The molecule has 0 spiro atoms. The van der Waals surface area contributed by atoms with Crippen molar-refractivity contribution in [1.29, 1.82) is 0 Å². The van der Waals surface area contributed by atoms with Crippen molar-refractivity contribution in [2.75, 3.05) is 13.7 Å². The lowest BCUT2D eigenvalue weighted by molar-refractivity contribution is 0.334. The van der Waals surface area contributed by atoms with E-state index in [-0.39, 0.29) is 11.5 Å². The summed E-state index contributed by atoms with van der Waals surface area (Å²) >= 11 is 0. The number of allylic oxidation sites excluding steroid dienone is 2. The van der Waals surface area contributed by atoms with Crippen LogP contribution in [0.2, 0.25) is 0 Å². The van der Waals surface area contributed by atoms with Crippen LogP contribution >= 0.6 is 0 Å². The van der Waals surface area contributed by atoms with Gasteiger partial charge in [0.1, 0.15) is 11.5 Å². The largest absolute Gasteiger partial charge is 0.508 e. The van der Waals surface area contributed by atoms with Crippen molar-refractivity contribution in [3.63, 3.8) is 0 Å². The average molecular weight is 340 g/mol. The van der Waals surface area contributed by atoms with Crippen molar-refractivity contribution >= 4 is 12.2 Å². The number of phenols is 2. The zero-order valence-electron chi connectivity index (χ0n) is 14.8. The van der Waals surface area contributed by atoms with Crippen LogP contribution in [0.5, 0.6) is 23.0 Å². The Morgan fingerprint density at radius 2 is 1.84 bits per heavy atom. The summed E-state index contributed by atoms with van der Waals surface area (Å²) in [5.74, 6) is 1.37. The molecular formula is C21H24O4. The Balaban J connectivity index is 2.42. The molecule has 0 aromatic heterocycles. The van der Waals surface area contributed by atoms with Crippen LogP contribution in [0.15, 0.2) is 42.5 Å². The van der Waals surface area contributed by atoms with Gasteiger partial charge in [-0.1, -0.05) is 30.4 Å². The fraction of sp³-hybridized carbons (Fsp3) is 0.238. The minimum Gasteiger partial charge on any atom is -0.508 e. The fourth-order valence-electron chi connectivity index (χ4n) is 2.52. The standard InChI is InChI=1S/C21H24O4/c1-4-6-7-18-16(13-17(22)14-20(18)25-5-2)10-8-15-9-11-19(23)21(12-15)24-3/h4,6,8-14,22-23H,5,7H2,1-3H3/b6-4+,10-8+. The quantitative estimate of drug-likeness (QED) is 0.562. The van der Waals surface area contributed by atoms with Crippen molar-refractivity contribution in [3.05, 3.63) is 59.2 Å². The van der Waals surface area contributed by atoms with Gasteiger partial charge in [-0.15, -0.1) is 0 Å². The number of hydrogen-bond donors (Lipinski definition) is 2. The highest BCUT2D eigenvalue weighted by Crippen LogP contribution is 2.31. The van der Waals surface area contributed by atoms with Crippen molar-refractivity contribution in [3.8, 4) is 23.0 Å². The monoisotopic (exact) mass is 340 g/mol. The third-order valence-electron chi connectivity index (χ3n) is 3.74. The lowest BCUT2D eigenvalue weighted by Gasteiger charge is -2.13. The van der Waals surface area contributed by atoms with Gasteiger partial charge < -0.3 is 19.7 Å². The van der Waals surface area contributed by atoms with E-state index in [1.807, 2.05) is 32.1 Å². The fourth-order valence-corrected chi connectivity index (χ4v) is 2.52. The van der Waals surface area contributed by atoms with Crippen LogP contribution in [0.1, 0.15) is 30.5 Å². The van der Waals surface area contributed by atoms with E-state index < -0.39 is 0 Å². The molecule has 0 saturated carbocycles. The summed E-state index contributed by atoms with van der Waals surface area (Å²) in [7, 11) is 1.52. The molecule has 4 nitrogen and oxygen atoms in total. The third-order valence-corrected chi connectivity index (χ3v) is 3.74. The molecule has 0 unspecified atom stereocenters. The van der Waals surface area contributed by atoms with E-state index >= 15 is 0 Å². The van der Waals surface area contributed by atoms with Gasteiger partial charge in [0, 0.05) is 11.6 Å². The van der Waals surface area contributed by atoms with Crippen LogP contribution in [0, 0.1) is 0 Å². The van der Waals surface area contributed by atoms with Gasteiger partial charge in [-0.3, -0.25) is 0 Å². The zero-order valence-corrected chi connectivity index (χ0v) is 14.8. The summed E-state index contributed by atoms with van der Waals surface area (Å²) < 4.78 is 10.8. The average Bonchev–Trinajstić information content (AvgIpc) is 2.60. The van der Waals surface area contributed by atoms with E-state index in [2.05, 4.69) is 6.08 Å². The number of ether oxygens (including phenoxy) is 2. The highest BCUT2D eigenvalue weighted by Gasteiger charge is 2.09. The molecule has 0 atom stereocenters. The van der Waals surface area contributed by atoms with Gasteiger partial charge in [0.2, 0.25) is 0 Å². The Hall–Kier alpha value is -2.88. The lowest BCUT2D eigenvalue weighted by Crippen LogP contribution is -1.98. The van der Waals surface area contributed by atoms with Crippen LogP contribution in [-0.4, -0.2) is 23.9 Å². The number of phenolic OH excluding ortho intramolecular Hbond substituents is 2. The normalized spacial score (nSPS) is 11.3. The molecule has 0 aliphatic heterocycles. The minimum atomic E-state index is 0.101. The van der Waals surface area contributed by atoms with E-state index in [1.54, 1.807) is 30.3 Å². The van der Waals surface area contributed by atoms with Crippen molar-refractivity contribution < 1.29 is 19.7 Å². The maximum Gasteiger partial charge on any atom is 0.161 e. The molecule has 2 aromatic carbocycles. The van der Waals surface area contributed by atoms with Crippen LogP contribution in [-0.2, 0) is 6.42 Å². The molecule has 0 aliphatic rings. The van der Waals surface area contributed by atoms with Gasteiger partial charge in [-0.2, -0.15) is 0 Å². The van der Waals surface area contributed by atoms with E-state index in [0.29, 0.717) is 24.5 Å². The molecule has 2 N–H and O–H groups in total. The summed E-state index contributed by atoms with van der Waals surface area (Å²) in [6, 6.07) is 8.50. The maximum absolute atomic E-state index is 10.0. The smallest absolute Gasteiger partial charge is 0.161 e. The number of benzene rings is 2. The first kappa shape index (κ1) is 18.5. The molecule has 0 heterocycles. The topological polar surface area (TPSA) is 58.9 Å². The second-order valence-electron chi connectivity index (χ2n) is 5.48. The molecule has 2 aromatic rings. The van der Waals surface area contributed by atoms with Crippen LogP contribution in [0.3, 0.4) is 0 Å².